The molecule has 5 nitrogen and oxygen atoms in total. The second-order valence-corrected chi connectivity index (χ2v) is 7.70. The van der Waals surface area contributed by atoms with Crippen LogP contribution in [0.2, 0.25) is 0 Å². The van der Waals surface area contributed by atoms with Gasteiger partial charge in [0.15, 0.2) is 0 Å². The van der Waals surface area contributed by atoms with Gasteiger partial charge in [-0.3, -0.25) is 0 Å². The van der Waals surface area contributed by atoms with Gasteiger partial charge in [-0.2, -0.15) is 0 Å². The number of sulfonamides is 1. The molecule has 0 bridgehead atoms. The lowest BCUT2D eigenvalue weighted by atomic mass is 10.1. The minimum atomic E-state index is -3.46. The van der Waals surface area contributed by atoms with Crippen molar-refractivity contribution in [1.82, 2.24) is 10.0 Å². The fraction of sp³-hybridized carbons (Fsp3) is 0.333. The molecule has 2 aromatic carbocycles. The maximum absolute atomic E-state index is 12.1. The average Bonchev–Trinajstić information content (AvgIpc) is 2.54. The van der Waals surface area contributed by atoms with Crippen LogP contribution in [0, 0.1) is 6.92 Å². The highest BCUT2D eigenvalue weighted by atomic mass is 32.2. The van der Waals surface area contributed by atoms with E-state index >= 15 is 0 Å². The molecule has 0 spiro atoms. The summed E-state index contributed by atoms with van der Waals surface area (Å²) >= 11 is 0. The molecular formula is C18H24N2O3S. The van der Waals surface area contributed by atoms with Crippen molar-refractivity contribution in [3.63, 3.8) is 0 Å². The van der Waals surface area contributed by atoms with E-state index in [2.05, 4.69) is 10.0 Å². The summed E-state index contributed by atoms with van der Waals surface area (Å²) in [6.07, 6.45) is 0.811. The first-order chi connectivity index (χ1) is 11.4. The molecule has 0 aromatic heterocycles. The van der Waals surface area contributed by atoms with Crippen LogP contribution in [0.1, 0.15) is 18.1 Å². The van der Waals surface area contributed by atoms with Crippen molar-refractivity contribution in [3.05, 3.63) is 59.7 Å². The fourth-order valence-corrected chi connectivity index (χ4v) is 3.39. The third-order valence-corrected chi connectivity index (χ3v) is 5.20. The molecule has 0 radical (unpaired) electrons. The van der Waals surface area contributed by atoms with Gasteiger partial charge in [-0.05, 0) is 50.1 Å². The summed E-state index contributed by atoms with van der Waals surface area (Å²) in [6.45, 7) is 4.84. The topological polar surface area (TPSA) is 78.4 Å². The van der Waals surface area contributed by atoms with Gasteiger partial charge in [0, 0.05) is 19.1 Å². The van der Waals surface area contributed by atoms with Gasteiger partial charge in [-0.1, -0.05) is 29.8 Å². The predicted molar refractivity (Wildman–Crippen MR) is 95.6 cm³/mol. The first-order valence-corrected chi connectivity index (χ1v) is 9.43. The van der Waals surface area contributed by atoms with Gasteiger partial charge >= 0.3 is 0 Å². The Bertz CT molecular complexity index is 741. The molecule has 0 aliphatic heterocycles. The molecule has 130 valence electrons. The van der Waals surface area contributed by atoms with Crippen molar-refractivity contribution in [2.75, 3.05) is 13.1 Å². The zero-order chi connectivity index (χ0) is 17.6. The van der Waals surface area contributed by atoms with E-state index in [1.807, 2.05) is 26.0 Å². The molecule has 6 heteroatoms. The SMILES string of the molecule is Cc1ccc(S(=O)(=O)NCCN[C@H](C)Cc2ccc(O)cc2)cc1. The highest BCUT2D eigenvalue weighted by molar-refractivity contribution is 7.89. The molecule has 0 aliphatic rings. The lowest BCUT2D eigenvalue weighted by Crippen LogP contribution is -2.36. The Morgan fingerprint density at radius 3 is 2.25 bits per heavy atom. The normalized spacial score (nSPS) is 12.9. The van der Waals surface area contributed by atoms with Crippen molar-refractivity contribution in [3.8, 4) is 5.75 Å². The van der Waals surface area contributed by atoms with Crippen LogP contribution in [0.25, 0.3) is 0 Å². The van der Waals surface area contributed by atoms with Crippen LogP contribution in [0.4, 0.5) is 0 Å². The van der Waals surface area contributed by atoms with E-state index in [0.717, 1.165) is 17.5 Å². The Morgan fingerprint density at radius 2 is 1.62 bits per heavy atom. The van der Waals surface area contributed by atoms with Gasteiger partial charge in [0.1, 0.15) is 5.75 Å². The van der Waals surface area contributed by atoms with E-state index in [0.29, 0.717) is 13.1 Å². The number of phenolic OH excluding ortho intramolecular Hbond substituents is 1. The zero-order valence-corrected chi connectivity index (χ0v) is 14.8. The highest BCUT2D eigenvalue weighted by Crippen LogP contribution is 2.11. The Hall–Kier alpha value is -1.89. The minimum absolute atomic E-state index is 0.207. The molecule has 0 saturated carbocycles. The summed E-state index contributed by atoms with van der Waals surface area (Å²) in [5, 5.41) is 12.6. The Morgan fingerprint density at radius 1 is 1.00 bits per heavy atom. The van der Waals surface area contributed by atoms with Crippen LogP contribution < -0.4 is 10.0 Å². The second kappa shape index (κ2) is 8.28. The molecule has 0 saturated heterocycles. The lowest BCUT2D eigenvalue weighted by molar-refractivity contribution is 0.474. The van der Waals surface area contributed by atoms with Crippen molar-refractivity contribution >= 4 is 10.0 Å². The van der Waals surface area contributed by atoms with Gasteiger partial charge < -0.3 is 10.4 Å². The molecule has 0 amide bonds. The highest BCUT2D eigenvalue weighted by Gasteiger charge is 2.12. The summed E-state index contributed by atoms with van der Waals surface area (Å²) in [5.74, 6) is 0.255. The molecular weight excluding hydrogens is 324 g/mol. The summed E-state index contributed by atoms with van der Waals surface area (Å²) < 4.78 is 26.9. The van der Waals surface area contributed by atoms with Crippen LogP contribution in [0.5, 0.6) is 5.75 Å². The second-order valence-electron chi connectivity index (χ2n) is 5.94. The van der Waals surface area contributed by atoms with Crippen LogP contribution in [0.15, 0.2) is 53.4 Å². The van der Waals surface area contributed by atoms with E-state index < -0.39 is 10.0 Å². The third kappa shape index (κ3) is 5.63. The van der Waals surface area contributed by atoms with Gasteiger partial charge in [0.2, 0.25) is 10.0 Å². The van der Waals surface area contributed by atoms with Crippen LogP contribution >= 0.6 is 0 Å². The summed E-state index contributed by atoms with van der Waals surface area (Å²) in [5.41, 5.74) is 2.15. The van der Waals surface area contributed by atoms with Gasteiger partial charge in [-0.15, -0.1) is 0 Å². The van der Waals surface area contributed by atoms with Gasteiger partial charge in [0.05, 0.1) is 4.90 Å². The van der Waals surface area contributed by atoms with Gasteiger partial charge in [-0.25, -0.2) is 13.1 Å². The largest absolute Gasteiger partial charge is 0.508 e. The lowest BCUT2D eigenvalue weighted by Gasteiger charge is -2.14. The molecule has 3 N–H and O–H groups in total. The quantitative estimate of drug-likeness (QED) is 0.639. The Balaban J connectivity index is 1.75. The van der Waals surface area contributed by atoms with Crippen LogP contribution in [-0.2, 0) is 16.4 Å². The average molecular weight is 348 g/mol. The molecule has 2 aromatic rings. The number of hydrogen-bond acceptors (Lipinski definition) is 4. The molecule has 0 unspecified atom stereocenters. The van der Waals surface area contributed by atoms with E-state index in [4.69, 9.17) is 0 Å². The fourth-order valence-electron chi connectivity index (χ4n) is 2.36. The first kappa shape index (κ1) is 18.4. The van der Waals surface area contributed by atoms with Gasteiger partial charge in [0.25, 0.3) is 0 Å². The maximum Gasteiger partial charge on any atom is 0.240 e. The minimum Gasteiger partial charge on any atom is -0.508 e. The maximum atomic E-state index is 12.1. The summed E-state index contributed by atoms with van der Waals surface area (Å²) in [4.78, 5) is 0.283. The number of phenols is 1. The predicted octanol–water partition coefficient (Wildman–Crippen LogP) is 2.20. The molecule has 0 aliphatic carbocycles. The van der Waals surface area contributed by atoms with Crippen LogP contribution in [0.3, 0.4) is 0 Å². The Kier molecular flexibility index (Phi) is 6.36. The number of aryl methyl sites for hydroxylation is 1. The molecule has 1 atom stereocenters. The number of rotatable bonds is 8. The van der Waals surface area contributed by atoms with E-state index in [1.54, 1.807) is 36.4 Å². The molecule has 2 rings (SSSR count). The standard InChI is InChI=1S/C18H24N2O3S/c1-14-3-9-18(10-4-14)24(22,23)20-12-11-19-15(2)13-16-5-7-17(21)8-6-16/h3-10,15,19-21H,11-13H2,1-2H3/t15-/m1/s1. The van der Waals surface area contributed by atoms with E-state index in [-0.39, 0.29) is 16.7 Å². The van der Waals surface area contributed by atoms with Crippen LogP contribution in [-0.4, -0.2) is 32.7 Å². The van der Waals surface area contributed by atoms with E-state index in [9.17, 15) is 13.5 Å². The first-order valence-electron chi connectivity index (χ1n) is 7.94. The zero-order valence-electron chi connectivity index (χ0n) is 14.0. The molecule has 24 heavy (non-hydrogen) atoms. The number of nitrogens with one attached hydrogen (secondary N) is 2. The summed E-state index contributed by atoms with van der Waals surface area (Å²) in [6, 6.07) is 14.1. The van der Waals surface area contributed by atoms with Crippen molar-refractivity contribution < 1.29 is 13.5 Å². The number of hydrogen-bond donors (Lipinski definition) is 3. The molecule has 0 heterocycles. The number of aromatic hydroxyl groups is 1. The molecule has 0 fully saturated rings. The van der Waals surface area contributed by atoms with E-state index in [1.165, 1.54) is 0 Å². The van der Waals surface area contributed by atoms with Crippen molar-refractivity contribution in [2.24, 2.45) is 0 Å². The van der Waals surface area contributed by atoms with Crippen molar-refractivity contribution in [1.29, 1.82) is 0 Å². The third-order valence-electron chi connectivity index (χ3n) is 3.72. The van der Waals surface area contributed by atoms with Crippen molar-refractivity contribution in [2.45, 2.75) is 31.2 Å². The number of benzene rings is 2. The Labute approximate surface area is 143 Å². The smallest absolute Gasteiger partial charge is 0.240 e. The summed E-state index contributed by atoms with van der Waals surface area (Å²) in [7, 11) is -3.46. The monoisotopic (exact) mass is 348 g/mol.